The lowest BCUT2D eigenvalue weighted by molar-refractivity contribution is -0.114. The summed E-state index contributed by atoms with van der Waals surface area (Å²) < 4.78 is 39.9. The number of aryl methyl sites for hydroxylation is 1. The Morgan fingerprint density at radius 1 is 1.14 bits per heavy atom. The number of amidine groups is 3. The average Bonchev–Trinajstić information content (AvgIpc) is 3.28. The van der Waals surface area contributed by atoms with Crippen LogP contribution in [-0.2, 0) is 14.6 Å². The zero-order valence-corrected chi connectivity index (χ0v) is 21.3. The van der Waals surface area contributed by atoms with E-state index in [1.54, 1.807) is 43.3 Å². The van der Waals surface area contributed by atoms with Gasteiger partial charge in [-0.1, -0.05) is 30.7 Å². The highest BCUT2D eigenvalue weighted by Crippen LogP contribution is 2.33. The smallest absolute Gasteiger partial charge is 0.343 e. The van der Waals surface area contributed by atoms with E-state index in [2.05, 4.69) is 9.39 Å². The van der Waals surface area contributed by atoms with Crippen LogP contribution in [0.15, 0.2) is 57.4 Å². The molecule has 0 fully saturated rings. The van der Waals surface area contributed by atoms with E-state index in [9.17, 15) is 18.0 Å². The van der Waals surface area contributed by atoms with Gasteiger partial charge in [0, 0.05) is 0 Å². The van der Waals surface area contributed by atoms with E-state index < -0.39 is 21.7 Å². The molecule has 0 spiro atoms. The van der Waals surface area contributed by atoms with E-state index in [1.807, 2.05) is 6.92 Å². The number of nitrogens with zero attached hydrogens (tertiary/aromatic N) is 3. The molecule has 12 heteroatoms. The molecule has 1 amide bonds. The van der Waals surface area contributed by atoms with Crippen LogP contribution < -0.4 is 9.47 Å². The van der Waals surface area contributed by atoms with Gasteiger partial charge >= 0.3 is 5.97 Å². The van der Waals surface area contributed by atoms with Crippen molar-refractivity contribution in [1.82, 2.24) is 4.90 Å². The van der Waals surface area contributed by atoms with Crippen molar-refractivity contribution in [2.24, 2.45) is 9.39 Å². The number of hydrogen-bond acceptors (Lipinski definition) is 9. The lowest BCUT2D eigenvalue weighted by atomic mass is 10.1. The van der Waals surface area contributed by atoms with E-state index in [0.717, 1.165) is 22.4 Å². The number of carbonyl (C=O) groups excluding carboxylic acids is 2. The molecule has 0 saturated heterocycles. The molecule has 0 atom stereocenters. The summed E-state index contributed by atoms with van der Waals surface area (Å²) in [4.78, 5) is 30.2. The fourth-order valence-corrected chi connectivity index (χ4v) is 5.27. The molecule has 186 valence electrons. The molecule has 4 rings (SSSR count). The van der Waals surface area contributed by atoms with Gasteiger partial charge in [0.1, 0.15) is 5.84 Å². The average molecular weight is 527 g/mol. The van der Waals surface area contributed by atoms with Crippen molar-refractivity contribution in [2.45, 2.75) is 20.8 Å². The highest BCUT2D eigenvalue weighted by molar-refractivity contribution is 8.16. The molecular weight excluding hydrogens is 504 g/mol. The Bertz CT molecular complexity index is 1460. The van der Waals surface area contributed by atoms with Gasteiger partial charge in [-0.2, -0.15) is 9.39 Å². The number of benzene rings is 2. The van der Waals surface area contributed by atoms with E-state index in [1.165, 1.54) is 19.1 Å². The molecule has 2 heterocycles. The molecule has 36 heavy (non-hydrogen) atoms. The van der Waals surface area contributed by atoms with Gasteiger partial charge in [-0.05, 0) is 49.8 Å². The monoisotopic (exact) mass is 526 g/mol. The molecule has 2 aliphatic rings. The van der Waals surface area contributed by atoms with Crippen molar-refractivity contribution < 1.29 is 27.5 Å². The van der Waals surface area contributed by atoms with Crippen molar-refractivity contribution in [3.8, 4) is 11.5 Å². The van der Waals surface area contributed by atoms with Crippen LogP contribution in [0.25, 0.3) is 6.08 Å². The van der Waals surface area contributed by atoms with Crippen molar-refractivity contribution in [2.75, 3.05) is 12.4 Å². The molecular formula is C24H22N4O6S2. The SMILES string of the molecule is CCOc1cc(/C=C2/C(=N)N3C(=NC2=O)SN=C3S(=O)(=O)CC)ccc1OC(=O)c1ccc(C)cc1. The molecule has 10 nitrogen and oxygen atoms in total. The molecule has 2 aromatic carbocycles. The van der Waals surface area contributed by atoms with Gasteiger partial charge in [-0.3, -0.25) is 10.2 Å². The summed E-state index contributed by atoms with van der Waals surface area (Å²) in [5, 5.41) is 8.20. The fraction of sp³-hybridized carbons (Fsp3) is 0.208. The van der Waals surface area contributed by atoms with Gasteiger partial charge in [0.05, 0.1) is 35.4 Å². The lowest BCUT2D eigenvalue weighted by Crippen LogP contribution is -2.45. The van der Waals surface area contributed by atoms with Crippen LogP contribution in [0, 0.1) is 12.3 Å². The number of fused-ring (bicyclic) bond motifs is 1. The normalized spacial score (nSPS) is 16.5. The summed E-state index contributed by atoms with van der Waals surface area (Å²) in [6, 6.07) is 11.6. The standard InChI is InChI=1S/C24H22N4O6S2/c1-4-33-19-13-15(8-11-18(19)34-22(30)16-9-6-14(3)7-10-16)12-17-20(25)28-23(26-21(17)29)35-27-24(28)36(31,32)5-2/h6-13,25H,4-5H2,1-3H3/b17-12-,25-20?. The number of nitrogens with one attached hydrogen (secondary N) is 1. The topological polar surface area (TPSA) is 139 Å². The van der Waals surface area contributed by atoms with Gasteiger partial charge in [0.2, 0.25) is 20.2 Å². The molecule has 1 N–H and O–H groups in total. The summed E-state index contributed by atoms with van der Waals surface area (Å²) in [6.07, 6.45) is 1.40. The maximum atomic E-state index is 12.6. The van der Waals surface area contributed by atoms with Crippen molar-refractivity contribution in [3.63, 3.8) is 0 Å². The summed E-state index contributed by atoms with van der Waals surface area (Å²) in [5.41, 5.74) is 1.74. The second-order valence-electron chi connectivity index (χ2n) is 7.70. The highest BCUT2D eigenvalue weighted by Gasteiger charge is 2.42. The van der Waals surface area contributed by atoms with Gasteiger partial charge in [-0.25, -0.2) is 18.1 Å². The Hall–Kier alpha value is -3.77. The minimum atomic E-state index is -3.75. The van der Waals surface area contributed by atoms with Crippen LogP contribution in [0.4, 0.5) is 0 Å². The summed E-state index contributed by atoms with van der Waals surface area (Å²) >= 11 is 0.735. The number of amides is 1. The summed E-state index contributed by atoms with van der Waals surface area (Å²) in [5.74, 6) is -1.36. The molecule has 2 aromatic rings. The first-order valence-corrected chi connectivity index (χ1v) is 13.3. The molecule has 0 bridgehead atoms. The maximum absolute atomic E-state index is 12.6. The largest absolute Gasteiger partial charge is 0.490 e. The predicted molar refractivity (Wildman–Crippen MR) is 138 cm³/mol. The fourth-order valence-electron chi connectivity index (χ4n) is 3.31. The van der Waals surface area contributed by atoms with Crippen LogP contribution >= 0.6 is 11.9 Å². The third-order valence-corrected chi connectivity index (χ3v) is 7.63. The highest BCUT2D eigenvalue weighted by atomic mass is 32.2. The van der Waals surface area contributed by atoms with E-state index >= 15 is 0 Å². The molecule has 0 unspecified atom stereocenters. The first-order chi connectivity index (χ1) is 17.1. The zero-order chi connectivity index (χ0) is 26.0. The van der Waals surface area contributed by atoms with Crippen LogP contribution in [0.1, 0.15) is 35.3 Å². The zero-order valence-electron chi connectivity index (χ0n) is 19.6. The predicted octanol–water partition coefficient (Wildman–Crippen LogP) is 3.62. The maximum Gasteiger partial charge on any atom is 0.343 e. The minimum Gasteiger partial charge on any atom is -0.490 e. The molecule has 0 aliphatic carbocycles. The van der Waals surface area contributed by atoms with Crippen molar-refractivity contribution in [3.05, 3.63) is 64.7 Å². The van der Waals surface area contributed by atoms with Crippen molar-refractivity contribution >= 4 is 55.9 Å². The second kappa shape index (κ2) is 10.1. The number of rotatable bonds is 6. The van der Waals surface area contributed by atoms with Crippen LogP contribution in [-0.4, -0.2) is 53.7 Å². The van der Waals surface area contributed by atoms with Gasteiger partial charge in [0.25, 0.3) is 5.91 Å². The van der Waals surface area contributed by atoms with Crippen LogP contribution in [0.5, 0.6) is 11.5 Å². The Morgan fingerprint density at radius 3 is 2.53 bits per heavy atom. The van der Waals surface area contributed by atoms with E-state index in [0.29, 0.717) is 11.1 Å². The number of carbonyl (C=O) groups is 2. The first kappa shape index (κ1) is 25.3. The van der Waals surface area contributed by atoms with E-state index in [-0.39, 0.29) is 45.6 Å². The number of esters is 1. The van der Waals surface area contributed by atoms with Gasteiger partial charge in [-0.15, -0.1) is 0 Å². The summed E-state index contributed by atoms with van der Waals surface area (Å²) in [6.45, 7) is 5.44. The summed E-state index contributed by atoms with van der Waals surface area (Å²) in [7, 11) is -3.75. The number of aliphatic imine (C=N–C) groups is 1. The Labute approximate surface area is 212 Å². The first-order valence-electron chi connectivity index (χ1n) is 10.9. The molecule has 2 aliphatic heterocycles. The van der Waals surface area contributed by atoms with Gasteiger partial charge < -0.3 is 9.47 Å². The lowest BCUT2D eigenvalue weighted by Gasteiger charge is -2.24. The Balaban J connectivity index is 1.64. The minimum absolute atomic E-state index is 0.0162. The molecule has 0 radical (unpaired) electrons. The molecule has 0 aromatic heterocycles. The Kier molecular flexibility index (Phi) is 7.09. The van der Waals surface area contributed by atoms with Crippen LogP contribution in [0.2, 0.25) is 0 Å². The third kappa shape index (κ3) is 4.95. The number of ether oxygens (including phenoxy) is 2. The van der Waals surface area contributed by atoms with E-state index in [4.69, 9.17) is 14.9 Å². The quantitative estimate of drug-likeness (QED) is 0.261. The number of sulfone groups is 1. The molecule has 0 saturated carbocycles. The van der Waals surface area contributed by atoms with Crippen LogP contribution in [0.3, 0.4) is 0 Å². The second-order valence-corrected chi connectivity index (χ2v) is 10.6. The van der Waals surface area contributed by atoms with Crippen molar-refractivity contribution in [1.29, 1.82) is 5.41 Å². The number of hydrogen-bond donors (Lipinski definition) is 1. The Morgan fingerprint density at radius 2 is 1.86 bits per heavy atom. The third-order valence-electron chi connectivity index (χ3n) is 5.22. The van der Waals surface area contributed by atoms with Gasteiger partial charge in [0.15, 0.2) is 11.5 Å².